The van der Waals surface area contributed by atoms with Gasteiger partial charge in [-0.2, -0.15) is 0 Å². The molecule has 1 heterocycles. The number of hydrogen-bond donors (Lipinski definition) is 2. The van der Waals surface area contributed by atoms with Gasteiger partial charge in [0.05, 0.1) is 18.4 Å². The average molecular weight is 471 g/mol. The summed E-state index contributed by atoms with van der Waals surface area (Å²) in [5.74, 6) is -0.352. The van der Waals surface area contributed by atoms with Crippen LogP contribution in [0, 0.1) is 5.82 Å². The monoisotopic (exact) mass is 471 g/mol. The van der Waals surface area contributed by atoms with Gasteiger partial charge in [-0.25, -0.2) is 17.8 Å². The Morgan fingerprint density at radius 3 is 2.83 bits per heavy atom. The third kappa shape index (κ3) is 7.31. The van der Waals surface area contributed by atoms with Gasteiger partial charge in [0.2, 0.25) is 0 Å². The van der Waals surface area contributed by atoms with Crippen LogP contribution in [0.15, 0.2) is 23.2 Å². The van der Waals surface area contributed by atoms with E-state index in [0.717, 1.165) is 25.7 Å². The van der Waals surface area contributed by atoms with Crippen LogP contribution < -0.4 is 11.1 Å². The predicted molar refractivity (Wildman–Crippen MR) is 103 cm³/mol. The second-order valence-electron chi connectivity index (χ2n) is 5.70. The van der Waals surface area contributed by atoms with E-state index in [1.807, 2.05) is 0 Å². The Morgan fingerprint density at radius 1 is 1.46 bits per heavy atom. The molecule has 1 saturated heterocycles. The Hall–Kier alpha value is -0.940. The maximum Gasteiger partial charge on any atom is 0.189 e. The van der Waals surface area contributed by atoms with Crippen molar-refractivity contribution in [1.29, 1.82) is 0 Å². The number of hydrogen-bond acceptors (Lipinski definition) is 4. The van der Waals surface area contributed by atoms with Crippen molar-refractivity contribution in [3.8, 4) is 0 Å². The zero-order chi connectivity index (χ0) is 16.9. The molecule has 3 N–H and O–H groups in total. The molecule has 0 radical (unpaired) electrons. The molecule has 0 saturated carbocycles. The highest BCUT2D eigenvalue weighted by atomic mass is 127. The van der Waals surface area contributed by atoms with E-state index in [1.165, 1.54) is 18.2 Å². The van der Waals surface area contributed by atoms with Crippen LogP contribution in [-0.2, 0) is 26.9 Å². The minimum atomic E-state index is -3.21. The number of nitrogens with zero attached hydrogens (tertiary/aromatic N) is 1. The lowest BCUT2D eigenvalue weighted by Crippen LogP contribution is -2.37. The van der Waals surface area contributed by atoms with Crippen LogP contribution in [0.5, 0.6) is 0 Å². The molecule has 1 aromatic rings. The van der Waals surface area contributed by atoms with E-state index >= 15 is 0 Å². The molecule has 0 aromatic heterocycles. The molecule has 0 spiro atoms. The van der Waals surface area contributed by atoms with Crippen molar-refractivity contribution in [2.45, 2.75) is 31.2 Å². The fraction of sp³-hybridized carbons (Fsp3) is 0.533. The molecule has 1 unspecified atom stereocenters. The number of benzene rings is 1. The normalized spacial score (nSPS) is 18.2. The van der Waals surface area contributed by atoms with Crippen LogP contribution in [-0.4, -0.2) is 39.9 Å². The summed E-state index contributed by atoms with van der Waals surface area (Å²) >= 11 is 0. The van der Waals surface area contributed by atoms with Gasteiger partial charge in [0, 0.05) is 19.4 Å². The predicted octanol–water partition coefficient (Wildman–Crippen LogP) is 1.57. The Morgan fingerprint density at radius 2 is 2.21 bits per heavy atom. The van der Waals surface area contributed by atoms with Gasteiger partial charge < -0.3 is 15.8 Å². The maximum absolute atomic E-state index is 13.4. The highest BCUT2D eigenvalue weighted by Gasteiger charge is 2.15. The van der Waals surface area contributed by atoms with E-state index < -0.39 is 15.7 Å². The van der Waals surface area contributed by atoms with E-state index in [-0.39, 0.29) is 48.3 Å². The molecule has 0 aliphatic carbocycles. The minimum absolute atomic E-state index is 0. The van der Waals surface area contributed by atoms with Crippen molar-refractivity contribution < 1.29 is 17.5 Å². The number of sulfone groups is 1. The second kappa shape index (κ2) is 9.52. The molecule has 136 valence electrons. The summed E-state index contributed by atoms with van der Waals surface area (Å²) in [5, 5.41) is 2.97. The SMILES string of the molecule is CS(=O)(=O)Cc1ccc(F)cc1CN=C(N)NCC1CCCO1.I. The summed E-state index contributed by atoms with van der Waals surface area (Å²) in [7, 11) is -3.21. The van der Waals surface area contributed by atoms with Crippen molar-refractivity contribution in [3.05, 3.63) is 35.1 Å². The lowest BCUT2D eigenvalue weighted by Gasteiger charge is -2.12. The summed E-state index contributed by atoms with van der Waals surface area (Å²) in [5.41, 5.74) is 6.83. The first-order chi connectivity index (χ1) is 10.8. The van der Waals surface area contributed by atoms with Gasteiger partial charge in [-0.1, -0.05) is 6.07 Å². The van der Waals surface area contributed by atoms with Gasteiger partial charge in [-0.3, -0.25) is 0 Å². The Labute approximate surface area is 159 Å². The first-order valence-corrected chi connectivity index (χ1v) is 9.50. The van der Waals surface area contributed by atoms with Gasteiger partial charge >= 0.3 is 0 Å². The van der Waals surface area contributed by atoms with Crippen molar-refractivity contribution in [2.75, 3.05) is 19.4 Å². The molecule has 1 aliphatic heterocycles. The summed E-state index contributed by atoms with van der Waals surface area (Å²) in [4.78, 5) is 4.15. The molecule has 1 aliphatic rings. The van der Waals surface area contributed by atoms with Crippen molar-refractivity contribution in [1.82, 2.24) is 5.32 Å². The molecular formula is C15H23FIN3O3S. The van der Waals surface area contributed by atoms with Crippen LogP contribution in [0.4, 0.5) is 4.39 Å². The third-order valence-electron chi connectivity index (χ3n) is 3.54. The molecule has 0 bridgehead atoms. The molecule has 0 amide bonds. The highest BCUT2D eigenvalue weighted by molar-refractivity contribution is 14.0. The van der Waals surface area contributed by atoms with Crippen molar-refractivity contribution in [3.63, 3.8) is 0 Å². The summed E-state index contributed by atoms with van der Waals surface area (Å²) < 4.78 is 41.8. The zero-order valence-electron chi connectivity index (χ0n) is 13.5. The van der Waals surface area contributed by atoms with E-state index in [2.05, 4.69) is 10.3 Å². The van der Waals surface area contributed by atoms with E-state index in [0.29, 0.717) is 17.7 Å². The van der Waals surface area contributed by atoms with Crippen molar-refractivity contribution >= 4 is 39.8 Å². The van der Waals surface area contributed by atoms with Gasteiger partial charge in [-0.15, -0.1) is 24.0 Å². The van der Waals surface area contributed by atoms with E-state index in [4.69, 9.17) is 10.5 Å². The van der Waals surface area contributed by atoms with Crippen LogP contribution in [0.3, 0.4) is 0 Å². The number of nitrogens with two attached hydrogens (primary N) is 1. The number of ether oxygens (including phenoxy) is 1. The fourth-order valence-electron chi connectivity index (χ4n) is 2.41. The van der Waals surface area contributed by atoms with Gasteiger partial charge in [0.1, 0.15) is 5.82 Å². The molecule has 1 aromatic carbocycles. The molecule has 1 atom stereocenters. The fourth-order valence-corrected chi connectivity index (χ4v) is 3.26. The first kappa shape index (κ1) is 21.1. The smallest absolute Gasteiger partial charge is 0.189 e. The Balaban J connectivity index is 0.00000288. The number of halogens is 2. The topological polar surface area (TPSA) is 93.8 Å². The summed E-state index contributed by atoms with van der Waals surface area (Å²) in [6.07, 6.45) is 3.31. The lowest BCUT2D eigenvalue weighted by atomic mass is 10.1. The Bertz CT molecular complexity index is 677. The molecule has 1 fully saturated rings. The minimum Gasteiger partial charge on any atom is -0.376 e. The van der Waals surface area contributed by atoms with Gasteiger partial charge in [-0.05, 0) is 36.1 Å². The highest BCUT2D eigenvalue weighted by Crippen LogP contribution is 2.15. The van der Waals surface area contributed by atoms with Crippen molar-refractivity contribution in [2.24, 2.45) is 10.7 Å². The molecular weight excluding hydrogens is 448 g/mol. The number of rotatable bonds is 6. The summed E-state index contributed by atoms with van der Waals surface area (Å²) in [6, 6.07) is 4.00. The molecule has 2 rings (SSSR count). The van der Waals surface area contributed by atoms with Gasteiger partial charge in [0.15, 0.2) is 15.8 Å². The quantitative estimate of drug-likeness (QED) is 0.373. The van der Waals surface area contributed by atoms with E-state index in [9.17, 15) is 12.8 Å². The van der Waals surface area contributed by atoms with E-state index in [1.54, 1.807) is 0 Å². The molecule has 9 heteroatoms. The zero-order valence-corrected chi connectivity index (χ0v) is 16.6. The average Bonchev–Trinajstić information content (AvgIpc) is 2.97. The number of aliphatic imine (C=N–C) groups is 1. The van der Waals surface area contributed by atoms with Crippen LogP contribution in [0.1, 0.15) is 24.0 Å². The summed E-state index contributed by atoms with van der Waals surface area (Å²) in [6.45, 7) is 1.46. The lowest BCUT2D eigenvalue weighted by molar-refractivity contribution is 0.114. The standard InChI is InChI=1S/C15H22FN3O3S.HI/c1-23(20,21)10-11-4-5-13(16)7-12(11)8-18-15(17)19-9-14-3-2-6-22-14;/h4-5,7,14H,2-3,6,8-10H2,1H3,(H3,17,18,19);1H. The second-order valence-corrected chi connectivity index (χ2v) is 7.84. The largest absolute Gasteiger partial charge is 0.376 e. The molecule has 24 heavy (non-hydrogen) atoms. The Kier molecular flexibility index (Phi) is 8.37. The van der Waals surface area contributed by atoms with Crippen LogP contribution in [0.2, 0.25) is 0 Å². The first-order valence-electron chi connectivity index (χ1n) is 7.44. The van der Waals surface area contributed by atoms with Gasteiger partial charge in [0.25, 0.3) is 0 Å². The maximum atomic E-state index is 13.4. The number of guanidine groups is 1. The van der Waals surface area contributed by atoms with Crippen LogP contribution in [0.25, 0.3) is 0 Å². The van der Waals surface area contributed by atoms with Crippen LogP contribution >= 0.6 is 24.0 Å². The molecule has 6 nitrogen and oxygen atoms in total. The number of nitrogens with one attached hydrogen (secondary N) is 1. The third-order valence-corrected chi connectivity index (χ3v) is 4.38.